The molecule has 0 aliphatic heterocycles. The van der Waals surface area contributed by atoms with Crippen molar-refractivity contribution in [1.82, 2.24) is 0 Å². The highest BCUT2D eigenvalue weighted by molar-refractivity contribution is 6.30. The summed E-state index contributed by atoms with van der Waals surface area (Å²) in [5.74, 6) is 0.510. The van der Waals surface area contributed by atoms with Crippen molar-refractivity contribution in [2.75, 3.05) is 0 Å². The second-order valence-electron chi connectivity index (χ2n) is 4.22. The second-order valence-corrected chi connectivity index (χ2v) is 4.66. The Morgan fingerprint density at radius 1 is 1.30 bits per heavy atom. The molecule has 0 unspecified atom stereocenters. The van der Waals surface area contributed by atoms with Crippen LogP contribution in [0.1, 0.15) is 18.6 Å². The molecule has 2 rings (SSSR count). The van der Waals surface area contributed by atoms with Crippen LogP contribution in [0.25, 0.3) is 0 Å². The van der Waals surface area contributed by atoms with Gasteiger partial charge in [0, 0.05) is 11.1 Å². The van der Waals surface area contributed by atoms with Gasteiger partial charge < -0.3 is 9.84 Å². The van der Waals surface area contributed by atoms with Crippen molar-refractivity contribution < 1.29 is 14.8 Å². The summed E-state index contributed by atoms with van der Waals surface area (Å²) in [5.41, 5.74) is 0.457. The van der Waals surface area contributed by atoms with Gasteiger partial charge in [0.05, 0.1) is 11.0 Å². The normalized spacial score (nSPS) is 11.9. The molecule has 0 aromatic heterocycles. The van der Waals surface area contributed by atoms with E-state index in [-0.39, 0.29) is 16.5 Å². The molecule has 20 heavy (non-hydrogen) atoms. The monoisotopic (exact) mass is 293 g/mol. The number of halogens is 1. The Balaban J connectivity index is 2.35. The molecule has 0 bridgehead atoms. The van der Waals surface area contributed by atoms with E-state index in [2.05, 4.69) is 0 Å². The fourth-order valence-corrected chi connectivity index (χ4v) is 1.85. The Hall–Kier alpha value is -2.11. The topological polar surface area (TPSA) is 72.6 Å². The molecule has 0 spiro atoms. The van der Waals surface area contributed by atoms with Gasteiger partial charge in [0.1, 0.15) is 5.75 Å². The molecule has 2 aromatic rings. The van der Waals surface area contributed by atoms with Gasteiger partial charge in [0.25, 0.3) is 0 Å². The fourth-order valence-electron chi connectivity index (χ4n) is 1.68. The molecule has 0 amide bonds. The van der Waals surface area contributed by atoms with Crippen LogP contribution < -0.4 is 4.74 Å². The number of benzene rings is 2. The highest BCUT2D eigenvalue weighted by Gasteiger charge is 2.16. The van der Waals surface area contributed by atoms with Gasteiger partial charge in [-0.25, -0.2) is 0 Å². The maximum atomic E-state index is 11.0. The molecule has 6 heteroatoms. The van der Waals surface area contributed by atoms with E-state index >= 15 is 0 Å². The Morgan fingerprint density at radius 3 is 2.70 bits per heavy atom. The van der Waals surface area contributed by atoms with E-state index in [4.69, 9.17) is 16.3 Å². The number of hydrogen-bond donors (Lipinski definition) is 1. The Kier molecular flexibility index (Phi) is 4.22. The highest BCUT2D eigenvalue weighted by Crippen LogP contribution is 2.34. The number of nitrogens with zero attached hydrogens (tertiary/aromatic N) is 1. The van der Waals surface area contributed by atoms with Gasteiger partial charge in [-0.2, -0.15) is 0 Å². The molecule has 0 fully saturated rings. The first-order valence-electron chi connectivity index (χ1n) is 5.87. The van der Waals surface area contributed by atoms with Crippen LogP contribution in [0.2, 0.25) is 5.02 Å². The van der Waals surface area contributed by atoms with Crippen molar-refractivity contribution in [2.45, 2.75) is 13.0 Å². The van der Waals surface area contributed by atoms with E-state index in [9.17, 15) is 15.2 Å². The molecule has 1 N–H and O–H groups in total. The van der Waals surface area contributed by atoms with Crippen LogP contribution in [0, 0.1) is 10.1 Å². The fraction of sp³-hybridized carbons (Fsp3) is 0.143. The number of ether oxygens (including phenoxy) is 1. The van der Waals surface area contributed by atoms with E-state index in [1.165, 1.54) is 18.2 Å². The third kappa shape index (κ3) is 3.26. The summed E-state index contributed by atoms with van der Waals surface area (Å²) in [4.78, 5) is 10.4. The van der Waals surface area contributed by atoms with Crippen LogP contribution in [-0.4, -0.2) is 10.0 Å². The van der Waals surface area contributed by atoms with Crippen LogP contribution in [0.5, 0.6) is 11.5 Å². The Labute approximate surface area is 120 Å². The van der Waals surface area contributed by atoms with Crippen LogP contribution in [0.3, 0.4) is 0 Å². The summed E-state index contributed by atoms with van der Waals surface area (Å²) in [6, 6.07) is 10.9. The Bertz CT molecular complexity index is 643. The lowest BCUT2D eigenvalue weighted by molar-refractivity contribution is -0.385. The number of nitro groups is 1. The van der Waals surface area contributed by atoms with Crippen molar-refractivity contribution >= 4 is 17.3 Å². The molecular weight excluding hydrogens is 282 g/mol. The molecule has 2 aromatic carbocycles. The zero-order chi connectivity index (χ0) is 14.7. The average Bonchev–Trinajstić information content (AvgIpc) is 2.41. The summed E-state index contributed by atoms with van der Waals surface area (Å²) in [5, 5.41) is 20.7. The van der Waals surface area contributed by atoms with Gasteiger partial charge in [-0.05, 0) is 36.8 Å². The number of aliphatic hydroxyl groups excluding tert-OH is 1. The maximum absolute atomic E-state index is 11.0. The largest absolute Gasteiger partial charge is 0.450 e. The van der Waals surface area contributed by atoms with E-state index in [0.717, 1.165) is 0 Å². The number of aliphatic hydroxyl groups is 1. The zero-order valence-corrected chi connectivity index (χ0v) is 11.4. The predicted octanol–water partition coefficient (Wildman–Crippen LogP) is 4.09. The summed E-state index contributed by atoms with van der Waals surface area (Å²) in [7, 11) is 0. The lowest BCUT2D eigenvalue weighted by Crippen LogP contribution is -1.95. The third-order valence-corrected chi connectivity index (χ3v) is 2.92. The van der Waals surface area contributed by atoms with Crippen LogP contribution in [0.4, 0.5) is 5.69 Å². The molecule has 0 saturated heterocycles. The first-order valence-corrected chi connectivity index (χ1v) is 6.25. The predicted molar refractivity (Wildman–Crippen MR) is 75.3 cm³/mol. The molecule has 0 heterocycles. The standard InChI is InChI=1S/C14H12ClNO4/c1-9(17)10-3-2-4-12(7-10)20-14-6-5-11(15)8-13(14)16(18)19/h2-9,17H,1H3/t9-/m1/s1. The van der Waals surface area contributed by atoms with Gasteiger partial charge in [0.15, 0.2) is 0 Å². The quantitative estimate of drug-likeness (QED) is 0.680. The van der Waals surface area contributed by atoms with Gasteiger partial charge in [0.2, 0.25) is 5.75 Å². The maximum Gasteiger partial charge on any atom is 0.313 e. The first kappa shape index (κ1) is 14.3. The smallest absolute Gasteiger partial charge is 0.313 e. The van der Waals surface area contributed by atoms with Gasteiger partial charge in [-0.1, -0.05) is 23.7 Å². The van der Waals surface area contributed by atoms with Crippen molar-refractivity contribution in [1.29, 1.82) is 0 Å². The van der Waals surface area contributed by atoms with Crippen LogP contribution in [-0.2, 0) is 0 Å². The minimum Gasteiger partial charge on any atom is -0.450 e. The van der Waals surface area contributed by atoms with Gasteiger partial charge in [-0.3, -0.25) is 10.1 Å². The van der Waals surface area contributed by atoms with Crippen molar-refractivity contribution in [3.63, 3.8) is 0 Å². The van der Waals surface area contributed by atoms with Crippen LogP contribution in [0.15, 0.2) is 42.5 Å². The minimum atomic E-state index is -0.640. The lowest BCUT2D eigenvalue weighted by Gasteiger charge is -2.09. The van der Waals surface area contributed by atoms with Crippen LogP contribution >= 0.6 is 11.6 Å². The zero-order valence-electron chi connectivity index (χ0n) is 10.6. The summed E-state index contributed by atoms with van der Waals surface area (Å²) in [6.45, 7) is 1.63. The van der Waals surface area contributed by atoms with Gasteiger partial charge in [-0.15, -0.1) is 0 Å². The molecule has 0 radical (unpaired) electrons. The minimum absolute atomic E-state index is 0.0992. The molecule has 1 atom stereocenters. The van der Waals surface area contributed by atoms with Crippen molar-refractivity contribution in [2.24, 2.45) is 0 Å². The number of rotatable bonds is 4. The van der Waals surface area contributed by atoms with Crippen molar-refractivity contribution in [3.8, 4) is 11.5 Å². The van der Waals surface area contributed by atoms with E-state index in [0.29, 0.717) is 11.3 Å². The highest BCUT2D eigenvalue weighted by atomic mass is 35.5. The molecule has 5 nitrogen and oxygen atoms in total. The van der Waals surface area contributed by atoms with E-state index in [1.807, 2.05) is 0 Å². The summed E-state index contributed by atoms with van der Waals surface area (Å²) < 4.78 is 5.51. The molecule has 104 valence electrons. The lowest BCUT2D eigenvalue weighted by atomic mass is 10.1. The Morgan fingerprint density at radius 2 is 2.05 bits per heavy atom. The van der Waals surface area contributed by atoms with E-state index < -0.39 is 11.0 Å². The number of hydrogen-bond acceptors (Lipinski definition) is 4. The average molecular weight is 294 g/mol. The summed E-state index contributed by atoms with van der Waals surface area (Å²) in [6.07, 6.45) is -0.640. The molecular formula is C14H12ClNO4. The molecule has 0 aliphatic rings. The summed E-state index contributed by atoms with van der Waals surface area (Å²) >= 11 is 5.74. The second kappa shape index (κ2) is 5.90. The first-order chi connectivity index (χ1) is 9.47. The molecule has 0 saturated carbocycles. The van der Waals surface area contributed by atoms with E-state index in [1.54, 1.807) is 31.2 Å². The number of nitro benzene ring substituents is 1. The SMILES string of the molecule is C[C@@H](O)c1cccc(Oc2ccc(Cl)cc2[N+](=O)[O-])c1. The van der Waals surface area contributed by atoms with Gasteiger partial charge >= 0.3 is 5.69 Å². The molecule has 0 aliphatic carbocycles. The third-order valence-electron chi connectivity index (χ3n) is 2.69. The van der Waals surface area contributed by atoms with Crippen molar-refractivity contribution in [3.05, 3.63) is 63.2 Å².